The molecule has 0 aliphatic heterocycles. The predicted octanol–water partition coefficient (Wildman–Crippen LogP) is 4.21. The van der Waals surface area contributed by atoms with Crippen LogP contribution in [0.1, 0.15) is 0 Å². The normalized spacial score (nSPS) is 11.6. The molecule has 3 aromatic rings. The van der Waals surface area contributed by atoms with Crippen LogP contribution in [-0.2, 0) is 11.5 Å². The highest BCUT2D eigenvalue weighted by Gasteiger charge is 2.17. The van der Waals surface area contributed by atoms with Crippen LogP contribution in [0, 0.1) is 0 Å². The van der Waals surface area contributed by atoms with Crippen molar-refractivity contribution in [1.82, 2.24) is 9.47 Å². The van der Waals surface area contributed by atoms with Crippen LogP contribution in [-0.4, -0.2) is 41.2 Å². The second kappa shape index (κ2) is 8.20. The van der Waals surface area contributed by atoms with E-state index >= 15 is 0 Å². The molecule has 0 atom stereocenters. The largest absolute Gasteiger partial charge is 0.493 e. The summed E-state index contributed by atoms with van der Waals surface area (Å²) in [5, 5.41) is 19.5. The van der Waals surface area contributed by atoms with E-state index in [4.69, 9.17) is 16.3 Å². The summed E-state index contributed by atoms with van der Waals surface area (Å²) < 4.78 is 7.06. The molecule has 0 fully saturated rings. The highest BCUT2D eigenvalue weighted by atomic mass is 35.5. The number of amides is 1. The third kappa shape index (κ3) is 4.45. The number of rotatable bonds is 6. The number of aromatic nitrogens is 1. The van der Waals surface area contributed by atoms with Crippen LogP contribution in [0.25, 0.3) is 10.9 Å². The van der Waals surface area contributed by atoms with Gasteiger partial charge in [0.2, 0.25) is 5.88 Å². The maximum absolute atomic E-state index is 12.0. The Morgan fingerprint density at radius 1 is 1.19 bits per heavy atom. The van der Waals surface area contributed by atoms with E-state index < -0.39 is 5.91 Å². The molecule has 140 valence electrons. The first kappa shape index (κ1) is 18.9. The number of azo groups is 1. The topological polar surface area (TPSA) is 79.4 Å². The van der Waals surface area contributed by atoms with Gasteiger partial charge in [0, 0.05) is 10.4 Å². The van der Waals surface area contributed by atoms with Crippen LogP contribution in [0.3, 0.4) is 0 Å². The zero-order chi connectivity index (χ0) is 19.4. The first-order valence-electron chi connectivity index (χ1n) is 8.23. The minimum absolute atomic E-state index is 0.0416. The SMILES string of the molecule is CN(C)Cn1c(O)c(N=NC(=O)COc2ccc(Cl)cc2)c2ccccc21. The number of carbonyl (C=O) groups excluding carboxylic acids is 1. The van der Waals surface area contributed by atoms with Gasteiger partial charge in [-0.15, -0.1) is 10.2 Å². The quantitative estimate of drug-likeness (QED) is 0.643. The molecule has 0 bridgehead atoms. The number of fused-ring (bicyclic) bond motifs is 1. The molecule has 1 N–H and O–H groups in total. The number of benzene rings is 2. The van der Waals surface area contributed by atoms with Crippen molar-refractivity contribution >= 4 is 34.1 Å². The fourth-order valence-corrected chi connectivity index (χ4v) is 2.73. The Bertz CT molecular complexity index is 981. The molecule has 7 nitrogen and oxygen atoms in total. The van der Waals surface area contributed by atoms with Crippen LogP contribution in [0.5, 0.6) is 11.6 Å². The molecular formula is C19H19ClN4O3. The Kier molecular flexibility index (Phi) is 5.73. The number of aromatic hydroxyl groups is 1. The molecule has 0 saturated heterocycles. The summed E-state index contributed by atoms with van der Waals surface area (Å²) in [7, 11) is 3.79. The van der Waals surface area contributed by atoms with Crippen LogP contribution >= 0.6 is 11.6 Å². The van der Waals surface area contributed by atoms with E-state index in [0.717, 1.165) is 5.52 Å². The second-order valence-electron chi connectivity index (χ2n) is 6.17. The minimum Gasteiger partial charge on any atom is -0.493 e. The Morgan fingerprint density at radius 3 is 2.59 bits per heavy atom. The molecule has 1 amide bonds. The maximum Gasteiger partial charge on any atom is 0.302 e. The zero-order valence-corrected chi connectivity index (χ0v) is 15.7. The number of ether oxygens (including phenoxy) is 1. The van der Waals surface area contributed by atoms with Crippen molar-refractivity contribution in [2.24, 2.45) is 10.2 Å². The summed E-state index contributed by atoms with van der Waals surface area (Å²) in [6.07, 6.45) is 0. The molecule has 0 saturated carbocycles. The first-order chi connectivity index (χ1) is 13.0. The summed E-state index contributed by atoms with van der Waals surface area (Å²) in [5.74, 6) is -0.0951. The van der Waals surface area contributed by atoms with Gasteiger partial charge < -0.3 is 9.84 Å². The number of hydrogen-bond donors (Lipinski definition) is 1. The second-order valence-corrected chi connectivity index (χ2v) is 6.61. The Balaban J connectivity index is 1.78. The summed E-state index contributed by atoms with van der Waals surface area (Å²) in [6.45, 7) is 0.206. The average molecular weight is 387 g/mol. The minimum atomic E-state index is -0.561. The third-order valence-corrected chi connectivity index (χ3v) is 4.03. The summed E-state index contributed by atoms with van der Waals surface area (Å²) in [4.78, 5) is 13.9. The molecule has 0 unspecified atom stereocenters. The third-order valence-electron chi connectivity index (χ3n) is 3.78. The summed E-state index contributed by atoms with van der Waals surface area (Å²) >= 11 is 5.80. The molecule has 8 heteroatoms. The Hall–Kier alpha value is -2.90. The molecule has 2 aromatic carbocycles. The van der Waals surface area contributed by atoms with Gasteiger partial charge in [-0.1, -0.05) is 29.8 Å². The van der Waals surface area contributed by atoms with E-state index in [0.29, 0.717) is 22.8 Å². The molecule has 0 aliphatic rings. The lowest BCUT2D eigenvalue weighted by molar-refractivity contribution is -0.120. The van der Waals surface area contributed by atoms with Gasteiger partial charge in [-0.05, 0) is 44.4 Å². The van der Waals surface area contributed by atoms with Gasteiger partial charge in [-0.2, -0.15) is 0 Å². The van der Waals surface area contributed by atoms with Gasteiger partial charge in [0.15, 0.2) is 12.3 Å². The van der Waals surface area contributed by atoms with Crippen molar-refractivity contribution in [2.75, 3.05) is 20.7 Å². The van der Waals surface area contributed by atoms with Crippen molar-refractivity contribution in [2.45, 2.75) is 6.67 Å². The number of hydrogen-bond acceptors (Lipinski definition) is 5. The van der Waals surface area contributed by atoms with Gasteiger partial charge in [-0.3, -0.25) is 14.3 Å². The van der Waals surface area contributed by atoms with E-state index in [1.54, 1.807) is 28.8 Å². The molecule has 0 aliphatic carbocycles. The smallest absolute Gasteiger partial charge is 0.302 e. The van der Waals surface area contributed by atoms with E-state index in [9.17, 15) is 9.90 Å². The summed E-state index contributed by atoms with van der Waals surface area (Å²) in [5.41, 5.74) is 1.06. The van der Waals surface area contributed by atoms with Crippen LogP contribution in [0.2, 0.25) is 5.02 Å². The van der Waals surface area contributed by atoms with Gasteiger partial charge in [-0.25, -0.2) is 0 Å². The van der Waals surface area contributed by atoms with Gasteiger partial charge in [0.1, 0.15) is 5.75 Å². The van der Waals surface area contributed by atoms with Crippen molar-refractivity contribution in [3.8, 4) is 11.6 Å². The van der Waals surface area contributed by atoms with Crippen molar-refractivity contribution in [3.05, 3.63) is 53.6 Å². The Labute approximate surface area is 161 Å². The van der Waals surface area contributed by atoms with Gasteiger partial charge in [0.05, 0.1) is 12.2 Å². The van der Waals surface area contributed by atoms with E-state index in [2.05, 4.69) is 10.2 Å². The van der Waals surface area contributed by atoms with Crippen LogP contribution < -0.4 is 4.74 Å². The van der Waals surface area contributed by atoms with Crippen molar-refractivity contribution in [1.29, 1.82) is 0 Å². The first-order valence-corrected chi connectivity index (χ1v) is 8.61. The maximum atomic E-state index is 12.0. The number of nitrogens with zero attached hydrogens (tertiary/aromatic N) is 4. The van der Waals surface area contributed by atoms with Crippen molar-refractivity contribution in [3.63, 3.8) is 0 Å². The highest BCUT2D eigenvalue weighted by Crippen LogP contribution is 2.38. The average Bonchev–Trinajstić information content (AvgIpc) is 2.91. The molecule has 0 radical (unpaired) electrons. The van der Waals surface area contributed by atoms with Crippen molar-refractivity contribution < 1.29 is 14.6 Å². The Morgan fingerprint density at radius 2 is 1.89 bits per heavy atom. The fraction of sp³-hybridized carbons (Fsp3) is 0.211. The predicted molar refractivity (Wildman–Crippen MR) is 104 cm³/mol. The lowest BCUT2D eigenvalue weighted by Gasteiger charge is -2.12. The number of para-hydroxylation sites is 1. The highest BCUT2D eigenvalue weighted by molar-refractivity contribution is 6.30. The van der Waals surface area contributed by atoms with Gasteiger partial charge >= 0.3 is 5.91 Å². The summed E-state index contributed by atoms with van der Waals surface area (Å²) in [6, 6.07) is 14.1. The lowest BCUT2D eigenvalue weighted by Crippen LogP contribution is -2.16. The molecule has 27 heavy (non-hydrogen) atoms. The zero-order valence-electron chi connectivity index (χ0n) is 15.0. The number of carbonyl (C=O) groups is 1. The lowest BCUT2D eigenvalue weighted by atomic mass is 10.2. The monoisotopic (exact) mass is 386 g/mol. The van der Waals surface area contributed by atoms with Crippen LogP contribution in [0.15, 0.2) is 58.8 Å². The number of halogens is 1. The van der Waals surface area contributed by atoms with E-state index in [1.165, 1.54) is 0 Å². The molecular weight excluding hydrogens is 368 g/mol. The molecule has 1 heterocycles. The standard InChI is InChI=1S/C19H19ClN4O3/c1-23(2)12-24-16-6-4-3-5-15(16)18(19(24)26)22-21-17(25)11-27-14-9-7-13(20)8-10-14/h3-10,26H,11-12H2,1-2H3. The van der Waals surface area contributed by atoms with Crippen LogP contribution in [0.4, 0.5) is 5.69 Å². The van der Waals surface area contributed by atoms with E-state index in [1.807, 2.05) is 43.3 Å². The van der Waals surface area contributed by atoms with E-state index in [-0.39, 0.29) is 18.2 Å². The molecule has 3 rings (SSSR count). The fourth-order valence-electron chi connectivity index (χ4n) is 2.61. The molecule has 0 spiro atoms. The van der Waals surface area contributed by atoms with Gasteiger partial charge in [0.25, 0.3) is 0 Å². The molecule has 1 aromatic heterocycles.